The molecule has 6 N–H and O–H groups in total. The summed E-state index contributed by atoms with van der Waals surface area (Å²) in [6.45, 7) is 1.58. The summed E-state index contributed by atoms with van der Waals surface area (Å²) in [7, 11) is 0.995. The molecule has 0 spiro atoms. The van der Waals surface area contributed by atoms with Crippen LogP contribution in [0.5, 0.6) is 0 Å². The first kappa shape index (κ1) is 20.2. The van der Waals surface area contributed by atoms with Crippen molar-refractivity contribution in [2.45, 2.75) is 18.8 Å². The van der Waals surface area contributed by atoms with Crippen LogP contribution >= 0.6 is 11.6 Å². The molecular weight excluding hydrogens is 356 g/mol. The molecule has 0 bridgehead atoms. The van der Waals surface area contributed by atoms with Gasteiger partial charge in [-0.1, -0.05) is 42.8 Å². The van der Waals surface area contributed by atoms with E-state index in [1.54, 1.807) is 36.4 Å². The van der Waals surface area contributed by atoms with Gasteiger partial charge in [-0.25, -0.2) is 5.43 Å². The molecule has 2 atom stereocenters. The average Bonchev–Trinajstić information content (AvgIpc) is 2.58. The number of aliphatic hydroxyl groups excluding tert-OH is 1. The fourth-order valence-electron chi connectivity index (χ4n) is 2.94. The Balaban J connectivity index is 2.54. The summed E-state index contributed by atoms with van der Waals surface area (Å²) < 4.78 is 0. The molecule has 0 aromatic heterocycles. The van der Waals surface area contributed by atoms with Crippen molar-refractivity contribution < 1.29 is 15.2 Å². The van der Waals surface area contributed by atoms with E-state index in [1.807, 2.05) is 6.92 Å². The Morgan fingerprint density at radius 2 is 1.92 bits per heavy atom. The van der Waals surface area contributed by atoms with Gasteiger partial charge < -0.3 is 21.5 Å². The Hall–Kier alpha value is -2.16. The largest absolute Gasteiger partial charge is 0.573 e. The number of nitrogens with zero attached hydrogens (tertiary/aromatic N) is 1. The lowest BCUT2D eigenvalue weighted by molar-refractivity contribution is -1.03. The number of hydrogen-bond donors (Lipinski definition) is 5. The van der Waals surface area contributed by atoms with Crippen molar-refractivity contribution in [3.8, 4) is 0 Å². The summed E-state index contributed by atoms with van der Waals surface area (Å²) in [6, 6.07) is 11.8. The number of nitrogen functional groups attached to an aromatic ring is 1. The monoisotopic (exact) mass is 378 g/mol. The minimum Gasteiger partial charge on any atom is -0.573 e. The summed E-state index contributed by atoms with van der Waals surface area (Å²) >= 11 is 5.95. The van der Waals surface area contributed by atoms with Crippen LogP contribution in [0.15, 0.2) is 42.5 Å². The maximum Gasteiger partial charge on any atom is 0.123 e. The lowest BCUT2D eigenvalue weighted by Crippen LogP contribution is -2.41. The SMILES string of the molecule is CCC(CO)(C(=N)c1cccc(N[N+](C)([O-])O)c1N)c1ccc(Cl)cc1. The zero-order valence-electron chi connectivity index (χ0n) is 14.7. The van der Waals surface area contributed by atoms with Gasteiger partial charge in [-0.15, -0.1) is 4.92 Å². The molecule has 7 nitrogen and oxygen atoms in total. The van der Waals surface area contributed by atoms with Crippen LogP contribution in [-0.2, 0) is 5.41 Å². The van der Waals surface area contributed by atoms with E-state index < -0.39 is 10.3 Å². The molecule has 0 aliphatic heterocycles. The van der Waals surface area contributed by atoms with Crippen LogP contribution in [0, 0.1) is 10.6 Å². The molecule has 0 radical (unpaired) electrons. The van der Waals surface area contributed by atoms with Crippen molar-refractivity contribution in [2.75, 3.05) is 24.8 Å². The van der Waals surface area contributed by atoms with Crippen molar-refractivity contribution in [3.63, 3.8) is 0 Å². The van der Waals surface area contributed by atoms with E-state index in [9.17, 15) is 15.5 Å². The number of nitrogens with two attached hydrogens (primary N) is 1. The number of rotatable bonds is 7. The number of aliphatic hydroxyl groups is 1. The van der Waals surface area contributed by atoms with Gasteiger partial charge >= 0.3 is 0 Å². The first-order valence-corrected chi connectivity index (χ1v) is 8.45. The fraction of sp³-hybridized carbons (Fsp3) is 0.278. The Labute approximate surface area is 157 Å². The summed E-state index contributed by atoms with van der Waals surface area (Å²) in [5.74, 6) is 0. The van der Waals surface area contributed by atoms with Crippen LogP contribution in [0.1, 0.15) is 24.5 Å². The van der Waals surface area contributed by atoms with Gasteiger partial charge in [-0.2, -0.15) is 5.21 Å². The molecule has 2 unspecified atom stereocenters. The minimum atomic E-state index is -1.75. The second-order valence-electron chi connectivity index (χ2n) is 6.23. The Morgan fingerprint density at radius 3 is 2.42 bits per heavy atom. The summed E-state index contributed by atoms with van der Waals surface area (Å²) in [4.78, 5) is -1.75. The first-order chi connectivity index (χ1) is 12.1. The number of halogens is 1. The van der Waals surface area contributed by atoms with Gasteiger partial charge in [0.05, 0.1) is 23.4 Å². The van der Waals surface area contributed by atoms with Gasteiger partial charge in [0.25, 0.3) is 0 Å². The van der Waals surface area contributed by atoms with Gasteiger partial charge in [0, 0.05) is 10.6 Å². The highest BCUT2D eigenvalue weighted by Crippen LogP contribution is 2.36. The number of benzene rings is 2. The van der Waals surface area contributed by atoms with E-state index in [4.69, 9.17) is 22.7 Å². The first-order valence-electron chi connectivity index (χ1n) is 8.08. The molecule has 26 heavy (non-hydrogen) atoms. The predicted octanol–water partition coefficient (Wildman–Crippen LogP) is 3.29. The van der Waals surface area contributed by atoms with Crippen LogP contribution < -0.4 is 11.2 Å². The topological polar surface area (TPSA) is 125 Å². The molecule has 2 aromatic carbocycles. The number of quaternary nitrogens is 1. The highest BCUT2D eigenvalue weighted by molar-refractivity contribution is 6.30. The molecule has 2 aromatic rings. The Morgan fingerprint density at radius 1 is 1.31 bits per heavy atom. The van der Waals surface area contributed by atoms with E-state index in [2.05, 4.69) is 5.43 Å². The lowest BCUT2D eigenvalue weighted by atomic mass is 9.72. The molecule has 140 valence electrons. The van der Waals surface area contributed by atoms with Crippen molar-refractivity contribution >= 4 is 28.7 Å². The molecule has 0 heterocycles. The van der Waals surface area contributed by atoms with E-state index in [1.165, 1.54) is 6.07 Å². The van der Waals surface area contributed by atoms with Gasteiger partial charge in [0.1, 0.15) is 12.7 Å². The highest BCUT2D eigenvalue weighted by atomic mass is 35.5. The third kappa shape index (κ3) is 3.98. The van der Waals surface area contributed by atoms with Crippen molar-refractivity contribution in [2.24, 2.45) is 0 Å². The molecule has 0 aliphatic carbocycles. The third-order valence-electron chi connectivity index (χ3n) is 4.45. The van der Waals surface area contributed by atoms with Crippen LogP contribution in [0.3, 0.4) is 0 Å². The number of hydroxylamine groups is 2. The summed E-state index contributed by atoms with van der Waals surface area (Å²) in [5, 5.41) is 40.3. The number of para-hydroxylation sites is 1. The van der Waals surface area contributed by atoms with Crippen molar-refractivity contribution in [3.05, 3.63) is 63.8 Å². The van der Waals surface area contributed by atoms with Crippen LogP contribution in [-0.4, -0.2) is 34.6 Å². The van der Waals surface area contributed by atoms with Gasteiger partial charge in [0.15, 0.2) is 0 Å². The quantitative estimate of drug-likeness (QED) is 0.219. The number of hydrogen-bond acceptors (Lipinski definition) is 6. The minimum absolute atomic E-state index is 0.115. The standard InChI is InChI=1S/C18H23ClN4O3/c1-3-18(11-24,12-7-9-13(19)10-8-12)17(21)14-5-4-6-15(16(14)20)22-23(2,25)26/h4-10,21-22,24-25H,3,11,20H2,1-2H3. The zero-order chi connectivity index (χ0) is 19.5. The van der Waals surface area contributed by atoms with Crippen LogP contribution in [0.25, 0.3) is 0 Å². The van der Waals surface area contributed by atoms with E-state index in [-0.39, 0.29) is 23.7 Å². The number of anilines is 2. The second-order valence-corrected chi connectivity index (χ2v) is 6.67. The smallest absolute Gasteiger partial charge is 0.123 e. The molecule has 0 aliphatic rings. The molecule has 8 heteroatoms. The second kappa shape index (κ2) is 7.61. The molecule has 0 amide bonds. The summed E-state index contributed by atoms with van der Waals surface area (Å²) in [6.07, 6.45) is 0.455. The lowest BCUT2D eigenvalue weighted by Gasteiger charge is -2.34. The highest BCUT2D eigenvalue weighted by Gasteiger charge is 2.36. The zero-order valence-corrected chi connectivity index (χ0v) is 15.4. The van der Waals surface area contributed by atoms with E-state index in [0.29, 0.717) is 17.0 Å². The molecule has 0 saturated heterocycles. The van der Waals surface area contributed by atoms with Crippen LogP contribution in [0.2, 0.25) is 5.02 Å². The number of nitrogens with one attached hydrogen (secondary N) is 2. The predicted molar refractivity (Wildman–Crippen MR) is 103 cm³/mol. The molecule has 0 fully saturated rings. The van der Waals surface area contributed by atoms with Gasteiger partial charge in [0.2, 0.25) is 0 Å². The van der Waals surface area contributed by atoms with Crippen molar-refractivity contribution in [1.29, 1.82) is 5.41 Å². The maximum atomic E-state index is 11.5. The molecule has 0 saturated carbocycles. The Kier molecular flexibility index (Phi) is 5.90. The van der Waals surface area contributed by atoms with Crippen molar-refractivity contribution in [1.82, 2.24) is 0 Å². The van der Waals surface area contributed by atoms with Gasteiger partial charge in [-0.05, 0) is 30.2 Å². The Bertz CT molecular complexity index is 784. The van der Waals surface area contributed by atoms with Gasteiger partial charge in [-0.3, -0.25) is 0 Å². The van der Waals surface area contributed by atoms with Crippen LogP contribution in [0.4, 0.5) is 11.4 Å². The fourth-order valence-corrected chi connectivity index (χ4v) is 3.06. The molecular formula is C18H23ClN4O3. The maximum absolute atomic E-state index is 11.5. The normalized spacial score (nSPS) is 15.8. The third-order valence-corrected chi connectivity index (χ3v) is 4.70. The van der Waals surface area contributed by atoms with E-state index >= 15 is 0 Å². The van der Waals surface area contributed by atoms with E-state index in [0.717, 1.165) is 12.6 Å². The summed E-state index contributed by atoms with van der Waals surface area (Å²) in [5.41, 5.74) is 9.04. The molecule has 2 rings (SSSR count). The average molecular weight is 379 g/mol.